The van der Waals surface area contributed by atoms with Crippen LogP contribution in [0.5, 0.6) is 5.75 Å². The predicted octanol–water partition coefficient (Wildman–Crippen LogP) is 3.02. The third-order valence-corrected chi connectivity index (χ3v) is 2.75. The highest BCUT2D eigenvalue weighted by Gasteiger charge is 2.39. The van der Waals surface area contributed by atoms with Gasteiger partial charge in [0.05, 0.1) is 19.1 Å². The monoisotopic (exact) mass is 274 g/mol. The molecule has 104 valence electrons. The summed E-state index contributed by atoms with van der Waals surface area (Å²) in [6.45, 7) is 3.50. The van der Waals surface area contributed by atoms with Gasteiger partial charge in [0.15, 0.2) is 5.78 Å². The van der Waals surface area contributed by atoms with Crippen LogP contribution in [-0.2, 0) is 4.79 Å². The highest BCUT2D eigenvalue weighted by Crippen LogP contribution is 2.26. The number of hydrogen-bond acceptors (Lipinski definition) is 3. The van der Waals surface area contributed by atoms with Crippen LogP contribution in [0.3, 0.4) is 0 Å². The molecule has 0 bridgehead atoms. The number of Topliss-reactive ketones (excluding diaryl/α,β-unsaturated/α-hetero) is 2. The normalized spacial score (nSPS) is 11.3. The third-order valence-electron chi connectivity index (χ3n) is 2.75. The molecule has 0 aromatic heterocycles. The maximum Gasteiger partial charge on any atom is 0.450 e. The highest BCUT2D eigenvalue weighted by atomic mass is 19.4. The third kappa shape index (κ3) is 3.56. The van der Waals surface area contributed by atoms with Crippen molar-refractivity contribution in [3.8, 4) is 5.75 Å². The van der Waals surface area contributed by atoms with Gasteiger partial charge in [-0.05, 0) is 37.1 Å². The summed E-state index contributed by atoms with van der Waals surface area (Å²) in [5, 5.41) is 0. The molecule has 3 nitrogen and oxygen atoms in total. The van der Waals surface area contributed by atoms with E-state index in [-0.39, 0.29) is 11.3 Å². The molecule has 0 aliphatic carbocycles. The minimum Gasteiger partial charge on any atom is -0.496 e. The maximum absolute atomic E-state index is 12.1. The Morgan fingerprint density at radius 3 is 2.16 bits per heavy atom. The standard InChI is InChI=1S/C13H13F3O3/c1-7-4-9(11(19-3)5-8(7)2)10(17)6-12(18)13(14,15)16/h4-5H,6H2,1-3H3. The van der Waals surface area contributed by atoms with E-state index in [1.807, 2.05) is 0 Å². The Morgan fingerprint density at radius 2 is 1.68 bits per heavy atom. The van der Waals surface area contributed by atoms with Crippen molar-refractivity contribution in [3.63, 3.8) is 0 Å². The smallest absolute Gasteiger partial charge is 0.450 e. The zero-order chi connectivity index (χ0) is 14.8. The van der Waals surface area contributed by atoms with E-state index in [0.717, 1.165) is 11.1 Å². The van der Waals surface area contributed by atoms with Gasteiger partial charge in [0, 0.05) is 0 Å². The van der Waals surface area contributed by atoms with Gasteiger partial charge >= 0.3 is 6.18 Å². The maximum atomic E-state index is 12.1. The highest BCUT2D eigenvalue weighted by molar-refractivity contribution is 6.10. The van der Waals surface area contributed by atoms with Crippen LogP contribution < -0.4 is 4.74 Å². The molecule has 0 aliphatic rings. The van der Waals surface area contributed by atoms with Crippen LogP contribution in [-0.4, -0.2) is 24.9 Å². The lowest BCUT2D eigenvalue weighted by Crippen LogP contribution is -2.25. The van der Waals surface area contributed by atoms with E-state index in [9.17, 15) is 22.8 Å². The van der Waals surface area contributed by atoms with Crippen molar-refractivity contribution in [1.82, 2.24) is 0 Å². The first-order valence-electron chi connectivity index (χ1n) is 5.45. The summed E-state index contributed by atoms with van der Waals surface area (Å²) >= 11 is 0. The summed E-state index contributed by atoms with van der Waals surface area (Å²) in [5.74, 6) is -2.79. The lowest BCUT2D eigenvalue weighted by atomic mass is 9.99. The molecule has 0 fully saturated rings. The van der Waals surface area contributed by atoms with Crippen LogP contribution in [0.15, 0.2) is 12.1 Å². The quantitative estimate of drug-likeness (QED) is 0.626. The van der Waals surface area contributed by atoms with E-state index in [0.29, 0.717) is 0 Å². The Labute approximate surface area is 108 Å². The van der Waals surface area contributed by atoms with Crippen molar-refractivity contribution >= 4 is 11.6 Å². The van der Waals surface area contributed by atoms with Gasteiger partial charge < -0.3 is 4.74 Å². The van der Waals surface area contributed by atoms with Gasteiger partial charge in [0.1, 0.15) is 5.75 Å². The molecule has 0 atom stereocenters. The Bertz CT molecular complexity index is 519. The van der Waals surface area contributed by atoms with E-state index in [1.54, 1.807) is 19.9 Å². The first-order valence-corrected chi connectivity index (χ1v) is 5.45. The van der Waals surface area contributed by atoms with E-state index < -0.39 is 24.2 Å². The molecule has 19 heavy (non-hydrogen) atoms. The number of methoxy groups -OCH3 is 1. The number of ketones is 2. The molecule has 6 heteroatoms. The van der Waals surface area contributed by atoms with Gasteiger partial charge in [-0.25, -0.2) is 0 Å². The second-order valence-corrected chi connectivity index (χ2v) is 4.16. The van der Waals surface area contributed by atoms with E-state index in [4.69, 9.17) is 4.74 Å². The van der Waals surface area contributed by atoms with Crippen LogP contribution in [0.2, 0.25) is 0 Å². The van der Waals surface area contributed by atoms with Crippen molar-refractivity contribution in [2.45, 2.75) is 26.4 Å². The van der Waals surface area contributed by atoms with E-state index in [1.165, 1.54) is 13.2 Å². The van der Waals surface area contributed by atoms with Crippen LogP contribution in [0.1, 0.15) is 27.9 Å². The molecule has 0 unspecified atom stereocenters. The Kier molecular flexibility index (Phi) is 4.34. The SMILES string of the molecule is COc1cc(C)c(C)cc1C(=O)CC(=O)C(F)(F)F. The lowest BCUT2D eigenvalue weighted by Gasteiger charge is -2.11. The van der Waals surface area contributed by atoms with Gasteiger partial charge in [0.2, 0.25) is 5.78 Å². The Morgan fingerprint density at radius 1 is 1.16 bits per heavy atom. The number of carbonyl (C=O) groups is 2. The first-order chi connectivity index (χ1) is 8.66. The molecular formula is C13H13F3O3. The number of hydrogen-bond donors (Lipinski definition) is 0. The fourth-order valence-corrected chi connectivity index (χ4v) is 1.52. The summed E-state index contributed by atoms with van der Waals surface area (Å²) in [7, 11) is 1.31. The molecule has 0 N–H and O–H groups in total. The fraction of sp³-hybridized carbons (Fsp3) is 0.385. The van der Waals surface area contributed by atoms with Crippen molar-refractivity contribution in [2.24, 2.45) is 0 Å². The Balaban J connectivity index is 3.07. The average Bonchev–Trinajstić information content (AvgIpc) is 2.30. The molecule has 0 aliphatic heterocycles. The fourth-order valence-electron chi connectivity index (χ4n) is 1.52. The van der Waals surface area contributed by atoms with Crippen LogP contribution in [0, 0.1) is 13.8 Å². The second kappa shape index (κ2) is 5.42. The lowest BCUT2D eigenvalue weighted by molar-refractivity contribution is -0.170. The molecule has 0 spiro atoms. The number of rotatable bonds is 4. The van der Waals surface area contributed by atoms with Gasteiger partial charge in [-0.3, -0.25) is 9.59 Å². The van der Waals surface area contributed by atoms with E-state index in [2.05, 4.69) is 0 Å². The van der Waals surface area contributed by atoms with Crippen LogP contribution in [0.25, 0.3) is 0 Å². The Hall–Kier alpha value is -1.85. The minimum atomic E-state index is -5.00. The predicted molar refractivity (Wildman–Crippen MR) is 62.5 cm³/mol. The zero-order valence-electron chi connectivity index (χ0n) is 10.7. The van der Waals surface area contributed by atoms with Gasteiger partial charge in [-0.15, -0.1) is 0 Å². The summed E-state index contributed by atoms with van der Waals surface area (Å²) < 4.78 is 41.3. The molecule has 0 saturated heterocycles. The number of halogens is 3. The molecular weight excluding hydrogens is 261 g/mol. The molecule has 1 aromatic rings. The summed E-state index contributed by atoms with van der Waals surface area (Å²) in [6, 6.07) is 2.99. The zero-order valence-corrected chi connectivity index (χ0v) is 10.7. The summed E-state index contributed by atoms with van der Waals surface area (Å²) in [5.41, 5.74) is 1.57. The van der Waals surface area contributed by atoms with Crippen molar-refractivity contribution in [3.05, 3.63) is 28.8 Å². The number of benzene rings is 1. The van der Waals surface area contributed by atoms with Crippen molar-refractivity contribution in [2.75, 3.05) is 7.11 Å². The molecule has 0 radical (unpaired) electrons. The topological polar surface area (TPSA) is 43.4 Å². The molecule has 0 heterocycles. The molecule has 0 saturated carbocycles. The number of carbonyl (C=O) groups excluding carboxylic acids is 2. The molecule has 1 rings (SSSR count). The van der Waals surface area contributed by atoms with Crippen LogP contribution >= 0.6 is 0 Å². The number of ether oxygens (including phenoxy) is 1. The van der Waals surface area contributed by atoms with Gasteiger partial charge in [-0.1, -0.05) is 0 Å². The van der Waals surface area contributed by atoms with Gasteiger partial charge in [0.25, 0.3) is 0 Å². The van der Waals surface area contributed by atoms with Crippen molar-refractivity contribution in [1.29, 1.82) is 0 Å². The minimum absolute atomic E-state index is 0.0109. The number of aryl methyl sites for hydroxylation is 2. The summed E-state index contributed by atoms with van der Waals surface area (Å²) in [6.07, 6.45) is -6.20. The van der Waals surface area contributed by atoms with Crippen molar-refractivity contribution < 1.29 is 27.5 Å². The summed E-state index contributed by atoms with van der Waals surface area (Å²) in [4.78, 5) is 22.6. The van der Waals surface area contributed by atoms with Crippen LogP contribution in [0.4, 0.5) is 13.2 Å². The molecule has 0 amide bonds. The number of alkyl halides is 3. The molecule has 1 aromatic carbocycles. The first kappa shape index (κ1) is 15.2. The van der Waals surface area contributed by atoms with Gasteiger partial charge in [-0.2, -0.15) is 13.2 Å². The second-order valence-electron chi connectivity index (χ2n) is 4.16. The average molecular weight is 274 g/mol. The largest absolute Gasteiger partial charge is 0.496 e. The van der Waals surface area contributed by atoms with E-state index >= 15 is 0 Å².